The summed E-state index contributed by atoms with van der Waals surface area (Å²) >= 11 is 0. The molecule has 0 bridgehead atoms. The Morgan fingerprint density at radius 2 is 1.93 bits per heavy atom. The van der Waals surface area contributed by atoms with Crippen molar-refractivity contribution in [1.29, 1.82) is 0 Å². The molecule has 0 aliphatic carbocycles. The minimum absolute atomic E-state index is 0.00544. The predicted molar refractivity (Wildman–Crippen MR) is 140 cm³/mol. The zero-order chi connectivity index (χ0) is 29.0. The minimum Gasteiger partial charge on any atom is -0.444 e. The molecule has 3 atom stereocenters. The van der Waals surface area contributed by atoms with Gasteiger partial charge in [-0.1, -0.05) is 11.2 Å². The molecule has 1 aliphatic rings. The molecule has 1 aromatic carbocycles. The van der Waals surface area contributed by atoms with Crippen LogP contribution >= 0.6 is 0 Å². The van der Waals surface area contributed by atoms with Gasteiger partial charge < -0.3 is 24.8 Å². The van der Waals surface area contributed by atoms with Crippen molar-refractivity contribution in [2.24, 2.45) is 5.92 Å². The summed E-state index contributed by atoms with van der Waals surface area (Å²) in [5, 5.41) is 9.44. The van der Waals surface area contributed by atoms with E-state index in [-0.39, 0.29) is 42.4 Å². The number of carbonyl (C=O) groups excluding carboxylic acids is 3. The lowest BCUT2D eigenvalue weighted by molar-refractivity contribution is -0.128. The molecular weight excluding hydrogens is 524 g/mol. The van der Waals surface area contributed by atoms with Gasteiger partial charge in [0.05, 0.1) is 23.2 Å². The van der Waals surface area contributed by atoms with Gasteiger partial charge in [0.15, 0.2) is 11.5 Å². The largest absolute Gasteiger partial charge is 0.444 e. The Bertz CT molecular complexity index is 1370. The van der Waals surface area contributed by atoms with E-state index in [1.165, 1.54) is 17.0 Å². The third-order valence-corrected chi connectivity index (χ3v) is 6.35. The maximum atomic E-state index is 14.2. The van der Waals surface area contributed by atoms with Gasteiger partial charge in [0.25, 0.3) is 5.91 Å². The van der Waals surface area contributed by atoms with Crippen LogP contribution in [-0.4, -0.2) is 57.7 Å². The lowest BCUT2D eigenvalue weighted by Gasteiger charge is -2.38. The first-order valence-electron chi connectivity index (χ1n) is 12.8. The summed E-state index contributed by atoms with van der Waals surface area (Å²) in [5.74, 6) is -3.53. The monoisotopic (exact) mass is 555 g/mol. The second kappa shape index (κ2) is 11.8. The number of rotatable bonds is 6. The molecule has 1 saturated heterocycles. The van der Waals surface area contributed by atoms with Gasteiger partial charge in [-0.2, -0.15) is 0 Å². The molecule has 0 radical (unpaired) electrons. The highest BCUT2D eigenvalue weighted by Crippen LogP contribution is 2.26. The highest BCUT2D eigenvalue weighted by Gasteiger charge is 2.39. The van der Waals surface area contributed by atoms with Gasteiger partial charge in [-0.15, -0.1) is 0 Å². The Labute approximate surface area is 230 Å². The smallest absolute Gasteiger partial charge is 0.410 e. The van der Waals surface area contributed by atoms with Crippen molar-refractivity contribution in [1.82, 2.24) is 25.7 Å². The van der Waals surface area contributed by atoms with E-state index in [1.807, 2.05) is 6.07 Å². The number of pyridine rings is 1. The molecule has 3 unspecified atom stereocenters. The van der Waals surface area contributed by atoms with Crippen LogP contribution in [0, 0.1) is 17.6 Å². The number of ether oxygens (including phenoxy) is 1. The minimum atomic E-state index is -0.864. The molecule has 3 amide bonds. The lowest BCUT2D eigenvalue weighted by Crippen LogP contribution is -2.57. The van der Waals surface area contributed by atoms with Gasteiger partial charge in [0, 0.05) is 37.5 Å². The van der Waals surface area contributed by atoms with Gasteiger partial charge in [-0.3, -0.25) is 14.6 Å². The second-order valence-corrected chi connectivity index (χ2v) is 10.6. The third-order valence-electron chi connectivity index (χ3n) is 6.35. The van der Waals surface area contributed by atoms with Crippen molar-refractivity contribution in [3.8, 4) is 11.3 Å². The molecular formula is C28H31F2N5O5. The van der Waals surface area contributed by atoms with Crippen molar-refractivity contribution >= 4 is 17.9 Å². The van der Waals surface area contributed by atoms with E-state index in [9.17, 15) is 23.2 Å². The number of benzene rings is 1. The Balaban J connectivity index is 1.51. The van der Waals surface area contributed by atoms with Crippen LogP contribution in [0.3, 0.4) is 0 Å². The van der Waals surface area contributed by atoms with Gasteiger partial charge in [-0.05, 0) is 58.4 Å². The zero-order valence-electron chi connectivity index (χ0n) is 22.6. The predicted octanol–water partition coefficient (Wildman–Crippen LogP) is 4.25. The Kier molecular flexibility index (Phi) is 8.46. The van der Waals surface area contributed by atoms with E-state index in [1.54, 1.807) is 46.0 Å². The first-order valence-corrected chi connectivity index (χ1v) is 12.8. The molecule has 0 saturated carbocycles. The number of likely N-dealkylation sites (tertiary alicyclic amines) is 1. The third kappa shape index (κ3) is 6.99. The fourth-order valence-electron chi connectivity index (χ4n) is 4.35. The van der Waals surface area contributed by atoms with Crippen LogP contribution in [0.1, 0.15) is 56.3 Å². The van der Waals surface area contributed by atoms with Crippen molar-refractivity contribution in [2.45, 2.75) is 51.8 Å². The van der Waals surface area contributed by atoms with Crippen LogP contribution < -0.4 is 10.6 Å². The highest BCUT2D eigenvalue weighted by atomic mass is 19.1. The highest BCUT2D eigenvalue weighted by molar-refractivity contribution is 5.94. The Hall–Kier alpha value is -4.35. The number of piperidine rings is 1. The zero-order valence-corrected chi connectivity index (χ0v) is 22.6. The molecule has 3 heterocycles. The first-order chi connectivity index (χ1) is 18.9. The number of nitrogens with zero attached hydrogens (tertiary/aromatic N) is 3. The van der Waals surface area contributed by atoms with Crippen molar-refractivity contribution < 1.29 is 32.4 Å². The van der Waals surface area contributed by atoms with Crippen LogP contribution in [0.4, 0.5) is 13.6 Å². The number of hydrogen-bond acceptors (Lipinski definition) is 7. The van der Waals surface area contributed by atoms with E-state index >= 15 is 0 Å². The lowest BCUT2D eigenvalue weighted by atomic mass is 9.90. The topological polar surface area (TPSA) is 127 Å². The fourth-order valence-corrected chi connectivity index (χ4v) is 4.35. The van der Waals surface area contributed by atoms with Crippen LogP contribution in [0.25, 0.3) is 11.3 Å². The maximum absolute atomic E-state index is 14.2. The van der Waals surface area contributed by atoms with E-state index in [2.05, 4.69) is 20.8 Å². The van der Waals surface area contributed by atoms with Crippen LogP contribution in [-0.2, 0) is 9.53 Å². The van der Waals surface area contributed by atoms with E-state index in [0.717, 1.165) is 6.07 Å². The number of nitrogens with one attached hydrogen (secondary N) is 2. The first kappa shape index (κ1) is 28.7. The SMILES string of the molecule is CC(NC(=O)C1CN(C(=O)OC(C)(C)C)CCC1NC(=O)c1cc(-c2ccc(F)cc2F)on1)c1ccccn1. The van der Waals surface area contributed by atoms with Crippen LogP contribution in [0.15, 0.2) is 53.2 Å². The molecule has 0 spiro atoms. The van der Waals surface area contributed by atoms with Crippen molar-refractivity contribution in [3.63, 3.8) is 0 Å². The van der Waals surface area contributed by atoms with E-state index < -0.39 is 47.2 Å². The summed E-state index contributed by atoms with van der Waals surface area (Å²) in [4.78, 5) is 45.0. The maximum Gasteiger partial charge on any atom is 0.410 e. The van der Waals surface area contributed by atoms with E-state index in [4.69, 9.17) is 9.26 Å². The summed E-state index contributed by atoms with van der Waals surface area (Å²) in [6.07, 6.45) is 1.32. The molecule has 40 heavy (non-hydrogen) atoms. The number of amides is 3. The summed E-state index contributed by atoms with van der Waals surface area (Å²) in [6, 6.07) is 8.45. The molecule has 1 fully saturated rings. The van der Waals surface area contributed by atoms with Gasteiger partial charge in [-0.25, -0.2) is 13.6 Å². The number of hydrogen-bond donors (Lipinski definition) is 2. The summed E-state index contributed by atoms with van der Waals surface area (Å²) < 4.78 is 38.1. The van der Waals surface area contributed by atoms with Gasteiger partial charge in [0.1, 0.15) is 17.2 Å². The Morgan fingerprint density at radius 1 is 1.15 bits per heavy atom. The molecule has 12 heteroatoms. The van der Waals surface area contributed by atoms with Crippen LogP contribution in [0.2, 0.25) is 0 Å². The summed E-state index contributed by atoms with van der Waals surface area (Å²) in [5.41, 5.74) is -0.268. The van der Waals surface area contributed by atoms with Crippen LogP contribution in [0.5, 0.6) is 0 Å². The van der Waals surface area contributed by atoms with Gasteiger partial charge >= 0.3 is 6.09 Å². The average Bonchev–Trinajstić information content (AvgIpc) is 3.38. The summed E-state index contributed by atoms with van der Waals surface area (Å²) in [6.45, 7) is 7.28. The van der Waals surface area contributed by atoms with Gasteiger partial charge in [0.2, 0.25) is 5.91 Å². The molecule has 1 aliphatic heterocycles. The van der Waals surface area contributed by atoms with Crippen molar-refractivity contribution in [2.75, 3.05) is 13.1 Å². The number of carbonyl (C=O) groups is 3. The summed E-state index contributed by atoms with van der Waals surface area (Å²) in [7, 11) is 0. The quantitative estimate of drug-likeness (QED) is 0.466. The molecule has 4 rings (SSSR count). The second-order valence-electron chi connectivity index (χ2n) is 10.6. The molecule has 3 aromatic rings. The van der Waals surface area contributed by atoms with E-state index in [0.29, 0.717) is 11.8 Å². The normalized spacial score (nSPS) is 18.1. The Morgan fingerprint density at radius 3 is 2.60 bits per heavy atom. The standard InChI is InChI=1S/C28H31F2N5O5/c1-16(21-7-5-6-11-31-21)32-25(36)19-15-35(27(38)39-28(2,3)4)12-10-22(19)33-26(37)23-14-24(40-34-23)18-9-8-17(29)13-20(18)30/h5-9,11,13-14,16,19,22H,10,12,15H2,1-4H3,(H,32,36)(H,33,37). The molecule has 2 aromatic heterocycles. The number of aromatic nitrogens is 2. The molecule has 212 valence electrons. The van der Waals surface area contributed by atoms with Crippen molar-refractivity contribution in [3.05, 3.63) is 71.7 Å². The number of halogens is 2. The molecule has 2 N–H and O–H groups in total. The fraction of sp³-hybridized carbons (Fsp3) is 0.393. The molecule has 10 nitrogen and oxygen atoms in total. The average molecular weight is 556 g/mol.